The number of hydrogen-bond donors (Lipinski definition) is 1. The van der Waals surface area contributed by atoms with E-state index in [2.05, 4.69) is 5.32 Å². The Morgan fingerprint density at radius 3 is 2.41 bits per heavy atom. The summed E-state index contributed by atoms with van der Waals surface area (Å²) in [6, 6.07) is 7.08. The molecule has 0 saturated heterocycles. The Morgan fingerprint density at radius 2 is 1.84 bits per heavy atom. The molecule has 2 rings (SSSR count). The second-order valence-corrected chi connectivity index (χ2v) is 11.3. The Bertz CT molecular complexity index is 1020. The highest BCUT2D eigenvalue weighted by Gasteiger charge is 2.29. The Labute approximate surface area is 192 Å². The van der Waals surface area contributed by atoms with Gasteiger partial charge in [0.05, 0.1) is 11.8 Å². The number of rotatable bonds is 12. The van der Waals surface area contributed by atoms with Crippen molar-refractivity contribution >= 4 is 42.2 Å². The minimum absolute atomic E-state index is 0.0125. The number of hydrogen-bond acceptors (Lipinski definition) is 5. The zero-order chi connectivity index (χ0) is 24.1. The number of carbonyl (C=O) groups is 1. The highest BCUT2D eigenvalue weighted by Crippen LogP contribution is 2.39. The van der Waals surface area contributed by atoms with Crippen molar-refractivity contribution in [2.45, 2.75) is 59.2 Å². The third-order valence-corrected chi connectivity index (χ3v) is 8.45. The van der Waals surface area contributed by atoms with Gasteiger partial charge in [-0.05, 0) is 49.6 Å². The largest absolute Gasteiger partial charge is 0.389 e. The van der Waals surface area contributed by atoms with Gasteiger partial charge >= 0.3 is 6.18 Å². The zero-order valence-electron chi connectivity index (χ0n) is 18.8. The lowest BCUT2D eigenvalue weighted by atomic mass is 10.0. The number of halogens is 3. The average Bonchev–Trinajstić information content (AvgIpc) is 3.00. The molecule has 0 saturated carbocycles. The summed E-state index contributed by atoms with van der Waals surface area (Å²) in [6.45, 7) is 7.09. The van der Waals surface area contributed by atoms with Gasteiger partial charge in [0.2, 0.25) is 10.0 Å². The van der Waals surface area contributed by atoms with E-state index in [-0.39, 0.29) is 43.4 Å². The van der Waals surface area contributed by atoms with E-state index in [4.69, 9.17) is 0 Å². The summed E-state index contributed by atoms with van der Waals surface area (Å²) < 4.78 is 66.3. The van der Waals surface area contributed by atoms with Crippen LogP contribution in [-0.4, -0.2) is 45.3 Å². The number of nitrogens with zero attached hydrogens (tertiary/aromatic N) is 1. The van der Waals surface area contributed by atoms with Crippen LogP contribution < -0.4 is 9.62 Å². The summed E-state index contributed by atoms with van der Waals surface area (Å²) in [5, 5.41) is 4.47. The predicted molar refractivity (Wildman–Crippen MR) is 125 cm³/mol. The van der Waals surface area contributed by atoms with Gasteiger partial charge in [-0.3, -0.25) is 9.10 Å². The molecule has 1 N–H and O–H groups in total. The summed E-state index contributed by atoms with van der Waals surface area (Å²) in [5.74, 6) is -0.309. The molecule has 0 fully saturated rings. The van der Waals surface area contributed by atoms with Crippen molar-refractivity contribution in [2.75, 3.05) is 23.1 Å². The molecule has 180 valence electrons. The van der Waals surface area contributed by atoms with E-state index < -0.39 is 28.7 Å². The number of Topliss-reactive ketones (excluding diaryl/α,β-unsaturated/α-hetero) is 1. The van der Waals surface area contributed by atoms with Gasteiger partial charge in [-0.1, -0.05) is 32.0 Å². The second kappa shape index (κ2) is 11.0. The topological polar surface area (TPSA) is 66.5 Å². The SMILES string of the molecule is CC(=O)C(NCCS(=O)(=O)N(CCCCC(F)(F)F)c1sc2ccccc2c1C)C(C)C. The lowest BCUT2D eigenvalue weighted by Crippen LogP contribution is -2.44. The van der Waals surface area contributed by atoms with Crippen LogP contribution in [0.4, 0.5) is 18.2 Å². The molecule has 1 aromatic carbocycles. The fraction of sp³-hybridized carbons (Fsp3) is 0.591. The number of sulfonamides is 1. The first-order chi connectivity index (χ1) is 14.8. The maximum Gasteiger partial charge on any atom is 0.389 e. The van der Waals surface area contributed by atoms with Gasteiger partial charge in [0, 0.05) is 24.2 Å². The molecule has 10 heteroatoms. The molecule has 0 aliphatic rings. The summed E-state index contributed by atoms with van der Waals surface area (Å²) >= 11 is 1.32. The van der Waals surface area contributed by atoms with Crippen LogP contribution in [0.5, 0.6) is 0 Å². The molecule has 2 aromatic rings. The molecule has 1 atom stereocenters. The highest BCUT2D eigenvalue weighted by molar-refractivity contribution is 7.93. The van der Waals surface area contributed by atoms with E-state index in [0.717, 1.165) is 15.6 Å². The van der Waals surface area contributed by atoms with Gasteiger partial charge in [0.15, 0.2) is 0 Å². The zero-order valence-corrected chi connectivity index (χ0v) is 20.5. The molecule has 0 bridgehead atoms. The standard InChI is InChI=1S/C22H31F3N2O3S2/c1-15(2)20(17(4)28)26-12-14-32(29,30)27(13-8-7-11-22(23,24)25)21-16(3)18-9-5-6-10-19(18)31-21/h5-6,9-10,15,20,26H,7-8,11-14H2,1-4H3. The monoisotopic (exact) mass is 492 g/mol. The molecule has 32 heavy (non-hydrogen) atoms. The van der Waals surface area contributed by atoms with E-state index in [1.165, 1.54) is 22.6 Å². The summed E-state index contributed by atoms with van der Waals surface area (Å²) in [5.41, 5.74) is 0.793. The molecule has 0 amide bonds. The van der Waals surface area contributed by atoms with E-state index in [0.29, 0.717) is 5.00 Å². The van der Waals surface area contributed by atoms with E-state index in [9.17, 15) is 26.4 Å². The van der Waals surface area contributed by atoms with Crippen LogP contribution in [0.15, 0.2) is 24.3 Å². The minimum Gasteiger partial charge on any atom is -0.306 e. The molecular weight excluding hydrogens is 461 g/mol. The van der Waals surface area contributed by atoms with Crippen LogP contribution in [0.2, 0.25) is 0 Å². The van der Waals surface area contributed by atoms with Crippen LogP contribution >= 0.6 is 11.3 Å². The number of alkyl halides is 3. The Morgan fingerprint density at radius 1 is 1.19 bits per heavy atom. The smallest absolute Gasteiger partial charge is 0.306 e. The quantitative estimate of drug-likeness (QED) is 0.409. The predicted octanol–water partition coefficient (Wildman–Crippen LogP) is 5.28. The third kappa shape index (κ3) is 7.18. The van der Waals surface area contributed by atoms with Crippen molar-refractivity contribution in [1.29, 1.82) is 0 Å². The number of thiophene rings is 1. The van der Waals surface area contributed by atoms with Gasteiger partial charge in [0.1, 0.15) is 10.8 Å². The molecule has 0 aliphatic carbocycles. The van der Waals surface area contributed by atoms with E-state index in [1.54, 1.807) is 0 Å². The second-order valence-electron chi connectivity index (χ2n) is 8.28. The maximum absolute atomic E-state index is 13.3. The molecular formula is C22H31F3N2O3S2. The summed E-state index contributed by atoms with van der Waals surface area (Å²) in [4.78, 5) is 11.8. The first-order valence-electron chi connectivity index (χ1n) is 10.6. The Balaban J connectivity index is 2.24. The summed E-state index contributed by atoms with van der Waals surface area (Å²) in [6.07, 6.45) is -5.25. The number of fused-ring (bicyclic) bond motifs is 1. The first-order valence-corrected chi connectivity index (χ1v) is 13.0. The minimum atomic E-state index is -4.26. The van der Waals surface area contributed by atoms with Gasteiger partial charge in [-0.25, -0.2) is 8.42 Å². The van der Waals surface area contributed by atoms with Crippen LogP contribution in [0.25, 0.3) is 10.1 Å². The van der Waals surface area contributed by atoms with Crippen molar-refractivity contribution < 1.29 is 26.4 Å². The van der Waals surface area contributed by atoms with Crippen LogP contribution in [-0.2, 0) is 14.8 Å². The van der Waals surface area contributed by atoms with Gasteiger partial charge < -0.3 is 5.32 Å². The van der Waals surface area contributed by atoms with Crippen molar-refractivity contribution in [2.24, 2.45) is 5.92 Å². The number of ketones is 1. The van der Waals surface area contributed by atoms with Crippen LogP contribution in [0.1, 0.15) is 45.6 Å². The lowest BCUT2D eigenvalue weighted by molar-refractivity contribution is -0.135. The van der Waals surface area contributed by atoms with Crippen LogP contribution in [0.3, 0.4) is 0 Å². The fourth-order valence-corrected chi connectivity index (χ4v) is 6.64. The molecule has 0 aliphatic heterocycles. The highest BCUT2D eigenvalue weighted by atomic mass is 32.2. The fourth-order valence-electron chi connectivity index (χ4n) is 3.65. The van der Waals surface area contributed by atoms with Crippen molar-refractivity contribution in [3.63, 3.8) is 0 Å². The number of benzene rings is 1. The van der Waals surface area contributed by atoms with Crippen molar-refractivity contribution in [1.82, 2.24) is 5.32 Å². The molecule has 0 spiro atoms. The molecule has 0 radical (unpaired) electrons. The van der Waals surface area contributed by atoms with Gasteiger partial charge in [-0.15, -0.1) is 11.3 Å². The molecule has 1 aromatic heterocycles. The van der Waals surface area contributed by atoms with Crippen molar-refractivity contribution in [3.05, 3.63) is 29.8 Å². The number of carbonyl (C=O) groups excluding carboxylic acids is 1. The Kier molecular flexibility index (Phi) is 9.13. The van der Waals surface area contributed by atoms with Gasteiger partial charge in [0.25, 0.3) is 0 Å². The van der Waals surface area contributed by atoms with E-state index in [1.807, 2.05) is 45.0 Å². The Hall–Kier alpha value is -1.65. The maximum atomic E-state index is 13.3. The number of unbranched alkanes of at least 4 members (excludes halogenated alkanes) is 1. The third-order valence-electron chi connectivity index (χ3n) is 5.28. The first kappa shape index (κ1) is 26.6. The average molecular weight is 493 g/mol. The molecule has 5 nitrogen and oxygen atoms in total. The van der Waals surface area contributed by atoms with Crippen molar-refractivity contribution in [3.8, 4) is 0 Å². The van der Waals surface area contributed by atoms with Gasteiger partial charge in [-0.2, -0.15) is 13.2 Å². The molecule has 1 unspecified atom stereocenters. The summed E-state index contributed by atoms with van der Waals surface area (Å²) in [7, 11) is -3.82. The normalized spacial score (nSPS) is 13.6. The van der Waals surface area contributed by atoms with E-state index >= 15 is 0 Å². The molecule has 1 heterocycles. The van der Waals surface area contributed by atoms with Crippen LogP contribution in [0, 0.1) is 12.8 Å². The lowest BCUT2D eigenvalue weighted by Gasteiger charge is -2.25. The number of nitrogens with one attached hydrogen (secondary N) is 1. The number of anilines is 1. The number of aryl methyl sites for hydroxylation is 1.